The van der Waals surface area contributed by atoms with E-state index in [-0.39, 0.29) is 16.9 Å². The number of aromatic carboxylic acids is 1. The number of nitrogens with one attached hydrogen (secondary N) is 1. The van der Waals surface area contributed by atoms with Crippen molar-refractivity contribution < 1.29 is 19.2 Å². The van der Waals surface area contributed by atoms with E-state index in [0.717, 1.165) is 6.07 Å². The molecule has 2 N–H and O–H groups in total. The summed E-state index contributed by atoms with van der Waals surface area (Å²) in [7, 11) is 0. The highest BCUT2D eigenvalue weighted by Crippen LogP contribution is 2.26. The van der Waals surface area contributed by atoms with Crippen molar-refractivity contribution in [1.82, 2.24) is 0 Å². The van der Waals surface area contributed by atoms with Gasteiger partial charge in [0.1, 0.15) is 5.82 Å². The Morgan fingerprint density at radius 1 is 1.29 bits per heavy atom. The van der Waals surface area contributed by atoms with Crippen LogP contribution in [0.3, 0.4) is 0 Å². The maximum absolute atomic E-state index is 13.3. The highest BCUT2D eigenvalue weighted by atomic mass is 19.1. The fourth-order valence-corrected chi connectivity index (χ4v) is 1.90. The Kier molecular flexibility index (Phi) is 3.84. The molecule has 0 aliphatic carbocycles. The Hall–Kier alpha value is -2.96. The molecule has 0 aliphatic rings. The highest BCUT2D eigenvalue weighted by Gasteiger charge is 2.16. The standard InChI is InChI=1S/C14H11FN2O4/c1-8-4-9(15)6-10(5-8)16-13-3-2-11(17(20)21)7-12(13)14(18)19/h2-7,16H,1H3,(H,18,19). The number of nitro benzene ring substituents is 1. The number of carboxylic acids is 1. The molecule has 0 amide bonds. The average molecular weight is 290 g/mol. The van der Waals surface area contributed by atoms with Gasteiger partial charge in [-0.2, -0.15) is 0 Å². The first kappa shape index (κ1) is 14.4. The summed E-state index contributed by atoms with van der Waals surface area (Å²) in [6.07, 6.45) is 0. The number of benzene rings is 2. The molecular weight excluding hydrogens is 279 g/mol. The predicted octanol–water partition coefficient (Wildman–Crippen LogP) is 3.48. The lowest BCUT2D eigenvalue weighted by Crippen LogP contribution is -2.04. The SMILES string of the molecule is Cc1cc(F)cc(Nc2ccc([N+](=O)[O-])cc2C(=O)O)c1. The first-order chi connectivity index (χ1) is 9.86. The second kappa shape index (κ2) is 5.58. The average Bonchev–Trinajstić information content (AvgIpc) is 2.37. The molecule has 0 spiro atoms. The zero-order chi connectivity index (χ0) is 15.6. The van der Waals surface area contributed by atoms with Crippen LogP contribution >= 0.6 is 0 Å². The smallest absolute Gasteiger partial charge is 0.338 e. The van der Waals surface area contributed by atoms with Gasteiger partial charge in [0, 0.05) is 17.8 Å². The molecule has 0 radical (unpaired) electrons. The summed E-state index contributed by atoms with van der Waals surface area (Å²) in [5.41, 5.74) is 0.595. The molecule has 7 heteroatoms. The number of hydrogen-bond acceptors (Lipinski definition) is 4. The first-order valence-corrected chi connectivity index (χ1v) is 5.93. The maximum atomic E-state index is 13.3. The first-order valence-electron chi connectivity index (χ1n) is 5.93. The summed E-state index contributed by atoms with van der Waals surface area (Å²) >= 11 is 0. The monoisotopic (exact) mass is 290 g/mol. The summed E-state index contributed by atoms with van der Waals surface area (Å²) in [6.45, 7) is 1.70. The second-order valence-electron chi connectivity index (χ2n) is 4.43. The number of anilines is 2. The van der Waals surface area contributed by atoms with E-state index in [9.17, 15) is 19.3 Å². The lowest BCUT2D eigenvalue weighted by molar-refractivity contribution is -0.384. The quantitative estimate of drug-likeness (QED) is 0.664. The van der Waals surface area contributed by atoms with Crippen LogP contribution in [-0.2, 0) is 0 Å². The summed E-state index contributed by atoms with van der Waals surface area (Å²) in [4.78, 5) is 21.2. The Balaban J connectivity index is 2.43. The van der Waals surface area contributed by atoms with Crippen LogP contribution in [-0.4, -0.2) is 16.0 Å². The molecule has 0 bridgehead atoms. The second-order valence-corrected chi connectivity index (χ2v) is 4.43. The number of halogens is 1. The van der Waals surface area contributed by atoms with Crippen molar-refractivity contribution in [3.05, 3.63) is 63.5 Å². The van der Waals surface area contributed by atoms with Gasteiger partial charge in [-0.3, -0.25) is 10.1 Å². The van der Waals surface area contributed by atoms with Crippen molar-refractivity contribution in [3.8, 4) is 0 Å². The molecule has 0 atom stereocenters. The van der Waals surface area contributed by atoms with Crippen molar-refractivity contribution in [2.45, 2.75) is 6.92 Å². The van der Waals surface area contributed by atoms with Crippen molar-refractivity contribution in [2.24, 2.45) is 0 Å². The molecule has 108 valence electrons. The molecule has 2 aromatic rings. The van der Waals surface area contributed by atoms with Crippen molar-refractivity contribution >= 4 is 23.0 Å². The van der Waals surface area contributed by atoms with Crippen molar-refractivity contribution in [1.29, 1.82) is 0 Å². The van der Waals surface area contributed by atoms with E-state index < -0.39 is 16.7 Å². The van der Waals surface area contributed by atoms with Crippen LogP contribution in [0.25, 0.3) is 0 Å². The van der Waals surface area contributed by atoms with Crippen LogP contribution in [0.15, 0.2) is 36.4 Å². The third-order valence-corrected chi connectivity index (χ3v) is 2.77. The van der Waals surface area contributed by atoms with Gasteiger partial charge in [0.15, 0.2) is 0 Å². The molecule has 0 aromatic heterocycles. The third kappa shape index (κ3) is 3.33. The minimum absolute atomic E-state index is 0.151. The number of nitrogens with zero attached hydrogens (tertiary/aromatic N) is 1. The van der Waals surface area contributed by atoms with Gasteiger partial charge < -0.3 is 10.4 Å². The Morgan fingerprint density at radius 2 is 2.00 bits per heavy atom. The normalized spacial score (nSPS) is 10.2. The zero-order valence-corrected chi connectivity index (χ0v) is 11.0. The molecule has 0 aliphatic heterocycles. The van der Waals surface area contributed by atoms with Gasteiger partial charge in [0.25, 0.3) is 5.69 Å². The number of aryl methyl sites for hydroxylation is 1. The largest absolute Gasteiger partial charge is 0.478 e. The summed E-state index contributed by atoms with van der Waals surface area (Å²) in [5, 5.41) is 22.6. The van der Waals surface area contributed by atoms with Gasteiger partial charge in [0.2, 0.25) is 0 Å². The molecule has 0 saturated heterocycles. The van der Waals surface area contributed by atoms with E-state index >= 15 is 0 Å². The predicted molar refractivity (Wildman–Crippen MR) is 74.5 cm³/mol. The third-order valence-electron chi connectivity index (χ3n) is 2.77. The van der Waals surface area contributed by atoms with Crippen LogP contribution in [0.1, 0.15) is 15.9 Å². The molecule has 0 heterocycles. The Bertz CT molecular complexity index is 711. The maximum Gasteiger partial charge on any atom is 0.338 e. The van der Waals surface area contributed by atoms with E-state index in [1.165, 1.54) is 24.3 Å². The lowest BCUT2D eigenvalue weighted by atomic mass is 10.1. The van der Waals surface area contributed by atoms with Gasteiger partial charge in [-0.05, 0) is 36.8 Å². The van der Waals surface area contributed by atoms with E-state index in [0.29, 0.717) is 11.3 Å². The van der Waals surface area contributed by atoms with Crippen LogP contribution in [0.5, 0.6) is 0 Å². The van der Waals surface area contributed by atoms with Crippen LogP contribution < -0.4 is 5.32 Å². The lowest BCUT2D eigenvalue weighted by Gasteiger charge is -2.10. The summed E-state index contributed by atoms with van der Waals surface area (Å²) in [5.74, 6) is -1.77. The van der Waals surface area contributed by atoms with Gasteiger partial charge in [-0.1, -0.05) is 0 Å². The van der Waals surface area contributed by atoms with Crippen molar-refractivity contribution in [2.75, 3.05) is 5.32 Å². The van der Waals surface area contributed by atoms with E-state index in [4.69, 9.17) is 5.11 Å². The van der Waals surface area contributed by atoms with E-state index in [1.54, 1.807) is 13.0 Å². The number of carbonyl (C=O) groups is 1. The number of nitro groups is 1. The fourth-order valence-electron chi connectivity index (χ4n) is 1.90. The number of rotatable bonds is 4. The molecule has 0 saturated carbocycles. The molecule has 0 unspecified atom stereocenters. The van der Waals surface area contributed by atoms with E-state index in [1.807, 2.05) is 0 Å². The van der Waals surface area contributed by atoms with Crippen LogP contribution in [0, 0.1) is 22.9 Å². The van der Waals surface area contributed by atoms with Crippen LogP contribution in [0.2, 0.25) is 0 Å². The molecule has 6 nitrogen and oxygen atoms in total. The van der Waals surface area contributed by atoms with E-state index in [2.05, 4.69) is 5.32 Å². The minimum Gasteiger partial charge on any atom is -0.478 e. The number of hydrogen-bond donors (Lipinski definition) is 2. The van der Waals surface area contributed by atoms with Crippen molar-refractivity contribution in [3.63, 3.8) is 0 Å². The number of carboxylic acid groups (broad SMARTS) is 1. The summed E-state index contributed by atoms with van der Waals surface area (Å²) < 4.78 is 13.3. The Labute approximate surface area is 119 Å². The Morgan fingerprint density at radius 3 is 2.57 bits per heavy atom. The highest BCUT2D eigenvalue weighted by molar-refractivity contribution is 5.96. The molecule has 0 fully saturated rings. The van der Waals surface area contributed by atoms with Gasteiger partial charge in [-0.25, -0.2) is 9.18 Å². The molecule has 2 rings (SSSR count). The van der Waals surface area contributed by atoms with Gasteiger partial charge in [0.05, 0.1) is 16.2 Å². The zero-order valence-electron chi connectivity index (χ0n) is 11.0. The minimum atomic E-state index is -1.31. The number of non-ortho nitro benzene ring substituents is 1. The molecule has 21 heavy (non-hydrogen) atoms. The summed E-state index contributed by atoms with van der Waals surface area (Å²) in [6, 6.07) is 7.59. The van der Waals surface area contributed by atoms with Crippen LogP contribution in [0.4, 0.5) is 21.5 Å². The topological polar surface area (TPSA) is 92.5 Å². The van der Waals surface area contributed by atoms with Gasteiger partial charge in [-0.15, -0.1) is 0 Å². The fraction of sp³-hybridized carbons (Fsp3) is 0.0714. The molecule has 2 aromatic carbocycles. The molecular formula is C14H11FN2O4. The van der Waals surface area contributed by atoms with Gasteiger partial charge >= 0.3 is 5.97 Å².